The van der Waals surface area contributed by atoms with E-state index in [0.717, 1.165) is 16.3 Å². The Hall–Kier alpha value is -1.51. The number of hydrogen-bond donors (Lipinski definition) is 1. The quantitative estimate of drug-likeness (QED) is 0.872. The van der Waals surface area contributed by atoms with Crippen molar-refractivity contribution in [1.29, 1.82) is 0 Å². The lowest BCUT2D eigenvalue weighted by atomic mass is 9.74. The summed E-state index contributed by atoms with van der Waals surface area (Å²) in [6, 6.07) is 16.3. The summed E-state index contributed by atoms with van der Waals surface area (Å²) in [7, 11) is 3.66. The minimum absolute atomic E-state index is 0.0912. The molecule has 0 heterocycles. The lowest BCUT2D eigenvalue weighted by Crippen LogP contribution is -2.35. The van der Waals surface area contributed by atoms with E-state index < -0.39 is 0 Å². The molecule has 21 heavy (non-hydrogen) atoms. The standard InChI is InChI=1S/C18H22ClNO/c1-18(2,13-8-6-5-7-9-13)17(20-3)15-12-14(19)10-11-16(15)21-4/h5-12,17,20H,1-4H3. The molecule has 0 aliphatic heterocycles. The van der Waals surface area contributed by atoms with Crippen LogP contribution in [0.5, 0.6) is 5.75 Å². The van der Waals surface area contributed by atoms with Gasteiger partial charge in [-0.1, -0.05) is 55.8 Å². The van der Waals surface area contributed by atoms with Crippen LogP contribution < -0.4 is 10.1 Å². The number of rotatable bonds is 5. The molecular weight excluding hydrogens is 282 g/mol. The van der Waals surface area contributed by atoms with E-state index in [1.807, 2.05) is 31.3 Å². The summed E-state index contributed by atoms with van der Waals surface area (Å²) < 4.78 is 5.52. The van der Waals surface area contributed by atoms with Crippen LogP contribution in [0.3, 0.4) is 0 Å². The Morgan fingerprint density at radius 2 is 1.76 bits per heavy atom. The minimum Gasteiger partial charge on any atom is -0.496 e. The first-order valence-corrected chi connectivity index (χ1v) is 7.44. The number of methoxy groups -OCH3 is 1. The predicted molar refractivity (Wildman–Crippen MR) is 89.3 cm³/mol. The van der Waals surface area contributed by atoms with Crippen LogP contribution >= 0.6 is 11.6 Å². The van der Waals surface area contributed by atoms with E-state index in [9.17, 15) is 0 Å². The highest BCUT2D eigenvalue weighted by Gasteiger charge is 2.33. The zero-order valence-corrected chi connectivity index (χ0v) is 13.7. The fourth-order valence-electron chi connectivity index (χ4n) is 2.87. The van der Waals surface area contributed by atoms with Gasteiger partial charge in [0.05, 0.1) is 7.11 Å². The Morgan fingerprint density at radius 3 is 2.33 bits per heavy atom. The van der Waals surface area contributed by atoms with Crippen molar-refractivity contribution in [1.82, 2.24) is 5.32 Å². The van der Waals surface area contributed by atoms with Gasteiger partial charge in [0.15, 0.2) is 0 Å². The van der Waals surface area contributed by atoms with Crippen LogP contribution in [0.4, 0.5) is 0 Å². The molecular formula is C18H22ClNO. The summed E-state index contributed by atoms with van der Waals surface area (Å²) in [6.07, 6.45) is 0. The first kappa shape index (κ1) is 15.9. The van der Waals surface area contributed by atoms with Crippen LogP contribution in [0, 0.1) is 0 Å². The number of likely N-dealkylation sites (N-methyl/N-ethyl adjacent to an activating group) is 1. The number of nitrogens with one attached hydrogen (secondary N) is 1. The molecule has 0 aromatic heterocycles. The van der Waals surface area contributed by atoms with Crippen LogP contribution in [-0.4, -0.2) is 14.2 Å². The maximum absolute atomic E-state index is 6.19. The van der Waals surface area contributed by atoms with Crippen molar-refractivity contribution in [2.24, 2.45) is 0 Å². The molecule has 0 fully saturated rings. The first-order valence-electron chi connectivity index (χ1n) is 7.07. The van der Waals surface area contributed by atoms with Gasteiger partial charge >= 0.3 is 0 Å². The highest BCUT2D eigenvalue weighted by molar-refractivity contribution is 6.30. The van der Waals surface area contributed by atoms with E-state index in [0.29, 0.717) is 0 Å². The Labute approximate surface area is 132 Å². The van der Waals surface area contributed by atoms with Crippen LogP contribution in [0.25, 0.3) is 0 Å². The zero-order chi connectivity index (χ0) is 15.5. The van der Waals surface area contributed by atoms with Gasteiger partial charge in [-0.3, -0.25) is 0 Å². The molecule has 0 radical (unpaired) electrons. The molecule has 1 unspecified atom stereocenters. The fourth-order valence-corrected chi connectivity index (χ4v) is 3.05. The molecule has 0 saturated heterocycles. The van der Waals surface area contributed by atoms with Crippen LogP contribution in [0.1, 0.15) is 31.0 Å². The lowest BCUT2D eigenvalue weighted by molar-refractivity contribution is 0.345. The van der Waals surface area contributed by atoms with E-state index in [1.165, 1.54) is 5.56 Å². The highest BCUT2D eigenvalue weighted by Crippen LogP contribution is 2.40. The lowest BCUT2D eigenvalue weighted by Gasteiger charge is -2.36. The SMILES string of the molecule is CNC(c1cc(Cl)ccc1OC)C(C)(C)c1ccccc1. The topological polar surface area (TPSA) is 21.3 Å². The molecule has 0 aliphatic rings. The van der Waals surface area contributed by atoms with Crippen LogP contribution in [0.15, 0.2) is 48.5 Å². The fraction of sp³-hybridized carbons (Fsp3) is 0.333. The number of ether oxygens (including phenoxy) is 1. The Bertz CT molecular complexity index is 595. The van der Waals surface area contributed by atoms with Crippen molar-refractivity contribution < 1.29 is 4.74 Å². The first-order chi connectivity index (χ1) is 10.0. The molecule has 0 aliphatic carbocycles. The summed E-state index contributed by atoms with van der Waals surface area (Å²) in [5, 5.41) is 4.14. The van der Waals surface area contributed by atoms with Gasteiger partial charge < -0.3 is 10.1 Å². The van der Waals surface area contributed by atoms with Gasteiger partial charge in [-0.2, -0.15) is 0 Å². The van der Waals surface area contributed by atoms with E-state index in [4.69, 9.17) is 16.3 Å². The number of benzene rings is 2. The third-order valence-electron chi connectivity index (χ3n) is 4.03. The maximum Gasteiger partial charge on any atom is 0.123 e. The number of hydrogen-bond acceptors (Lipinski definition) is 2. The molecule has 2 aromatic carbocycles. The molecule has 1 N–H and O–H groups in total. The third-order valence-corrected chi connectivity index (χ3v) is 4.27. The Balaban J connectivity index is 2.51. The van der Waals surface area contributed by atoms with Crippen molar-refractivity contribution in [3.63, 3.8) is 0 Å². The van der Waals surface area contributed by atoms with Gasteiger partial charge in [-0.05, 0) is 30.8 Å². The van der Waals surface area contributed by atoms with E-state index >= 15 is 0 Å². The largest absolute Gasteiger partial charge is 0.496 e. The Kier molecular flexibility index (Phi) is 4.92. The molecule has 0 amide bonds. The van der Waals surface area contributed by atoms with Crippen molar-refractivity contribution in [3.8, 4) is 5.75 Å². The molecule has 3 heteroatoms. The van der Waals surface area contributed by atoms with E-state index in [2.05, 4.69) is 43.4 Å². The molecule has 2 aromatic rings. The van der Waals surface area contributed by atoms with E-state index in [-0.39, 0.29) is 11.5 Å². The van der Waals surface area contributed by atoms with Crippen molar-refractivity contribution in [2.75, 3.05) is 14.2 Å². The van der Waals surface area contributed by atoms with Gasteiger partial charge in [-0.25, -0.2) is 0 Å². The summed E-state index contributed by atoms with van der Waals surface area (Å²) >= 11 is 6.19. The second-order valence-electron chi connectivity index (χ2n) is 5.70. The van der Waals surface area contributed by atoms with Gasteiger partial charge in [0, 0.05) is 22.0 Å². The van der Waals surface area contributed by atoms with Gasteiger partial charge in [0.1, 0.15) is 5.75 Å². The summed E-state index contributed by atoms with van der Waals surface area (Å²) in [5.41, 5.74) is 2.24. The average Bonchev–Trinajstić information content (AvgIpc) is 2.49. The van der Waals surface area contributed by atoms with E-state index in [1.54, 1.807) is 7.11 Å². The van der Waals surface area contributed by atoms with Crippen molar-refractivity contribution in [3.05, 3.63) is 64.7 Å². The van der Waals surface area contributed by atoms with Crippen molar-refractivity contribution >= 4 is 11.6 Å². The minimum atomic E-state index is -0.103. The van der Waals surface area contributed by atoms with Crippen LogP contribution in [-0.2, 0) is 5.41 Å². The summed E-state index contributed by atoms with van der Waals surface area (Å²) in [5.74, 6) is 0.850. The normalized spacial score (nSPS) is 13.0. The molecule has 112 valence electrons. The smallest absolute Gasteiger partial charge is 0.123 e. The molecule has 2 rings (SSSR count). The molecule has 0 saturated carbocycles. The summed E-state index contributed by atoms with van der Waals surface area (Å²) in [6.45, 7) is 4.45. The maximum atomic E-state index is 6.19. The zero-order valence-electron chi connectivity index (χ0n) is 13.0. The molecule has 0 spiro atoms. The highest BCUT2D eigenvalue weighted by atomic mass is 35.5. The Morgan fingerprint density at radius 1 is 1.10 bits per heavy atom. The monoisotopic (exact) mass is 303 g/mol. The number of halogens is 1. The average molecular weight is 304 g/mol. The molecule has 0 bridgehead atoms. The predicted octanol–water partition coefficient (Wildman–Crippen LogP) is 4.59. The van der Waals surface area contributed by atoms with Gasteiger partial charge in [-0.15, -0.1) is 0 Å². The summed E-state index contributed by atoms with van der Waals surface area (Å²) in [4.78, 5) is 0. The van der Waals surface area contributed by atoms with Gasteiger partial charge in [0.25, 0.3) is 0 Å². The second kappa shape index (κ2) is 6.50. The molecule has 1 atom stereocenters. The second-order valence-corrected chi connectivity index (χ2v) is 6.13. The third kappa shape index (κ3) is 3.22. The van der Waals surface area contributed by atoms with Gasteiger partial charge in [0.2, 0.25) is 0 Å². The van der Waals surface area contributed by atoms with Crippen molar-refractivity contribution in [2.45, 2.75) is 25.3 Å². The van der Waals surface area contributed by atoms with Crippen LogP contribution in [0.2, 0.25) is 5.02 Å². The molecule has 2 nitrogen and oxygen atoms in total.